The summed E-state index contributed by atoms with van der Waals surface area (Å²) in [7, 11) is 0. The number of benzene rings is 8. The van der Waals surface area contributed by atoms with Gasteiger partial charge in [0, 0.05) is 44.8 Å². The van der Waals surface area contributed by atoms with Crippen molar-refractivity contribution in [1.82, 2.24) is 9.13 Å². The summed E-state index contributed by atoms with van der Waals surface area (Å²) in [5.41, 5.74) is 22.9. The van der Waals surface area contributed by atoms with Crippen molar-refractivity contribution < 1.29 is 0 Å². The Balaban J connectivity index is 0.798. The number of aromatic nitrogens is 2. The summed E-state index contributed by atoms with van der Waals surface area (Å²) in [6.07, 6.45) is 18.9. The molecule has 0 saturated carbocycles. The molecule has 10 aromatic rings. The highest BCUT2D eigenvalue weighted by Gasteiger charge is 2.40. The molecule has 0 bridgehead atoms. The SMILES string of the molecule is C1=CC2=C(c3ccc(-c4cccc5c4c4ccccc4n5-c4ccccc4)cc3)C=CC3=CC=C4C(c5ccc(-c6cccc7c6c6ccccc6n7-c6ccccc6)cc5)=CC=C1C4C32. The van der Waals surface area contributed by atoms with E-state index in [1.54, 1.807) is 0 Å². The lowest BCUT2D eigenvalue weighted by Crippen LogP contribution is -2.30. The van der Waals surface area contributed by atoms with Crippen molar-refractivity contribution in [2.45, 2.75) is 0 Å². The molecule has 0 saturated heterocycles. The van der Waals surface area contributed by atoms with Crippen molar-refractivity contribution in [3.63, 3.8) is 0 Å². The van der Waals surface area contributed by atoms with E-state index in [1.807, 2.05) is 0 Å². The van der Waals surface area contributed by atoms with Crippen molar-refractivity contribution in [3.05, 3.63) is 276 Å². The second kappa shape index (κ2) is 14.5. The average molecular weight is 839 g/mol. The maximum Gasteiger partial charge on any atom is 0.0547 e. The van der Waals surface area contributed by atoms with Gasteiger partial charge in [0.1, 0.15) is 0 Å². The van der Waals surface area contributed by atoms with Crippen LogP contribution in [0.4, 0.5) is 0 Å². The molecular formula is C64H42N2. The molecule has 2 heterocycles. The van der Waals surface area contributed by atoms with Crippen LogP contribution < -0.4 is 0 Å². The van der Waals surface area contributed by atoms with Crippen molar-refractivity contribution in [2.75, 3.05) is 0 Å². The predicted molar refractivity (Wildman–Crippen MR) is 277 cm³/mol. The summed E-state index contributed by atoms with van der Waals surface area (Å²) < 4.78 is 4.79. The van der Waals surface area contributed by atoms with E-state index in [0.717, 1.165) is 0 Å². The molecule has 0 spiro atoms. The first-order valence-corrected chi connectivity index (χ1v) is 23.1. The van der Waals surface area contributed by atoms with Crippen LogP contribution in [0.25, 0.3) is 88.4 Å². The largest absolute Gasteiger partial charge is 0.309 e. The summed E-state index contributed by atoms with van der Waals surface area (Å²) in [4.78, 5) is 0. The monoisotopic (exact) mass is 838 g/mol. The van der Waals surface area contributed by atoms with E-state index >= 15 is 0 Å². The Hall–Kier alpha value is -8.46. The first kappa shape index (κ1) is 37.0. The van der Waals surface area contributed by atoms with E-state index in [0.29, 0.717) is 0 Å². The Morgan fingerprint density at radius 2 is 0.788 bits per heavy atom. The van der Waals surface area contributed by atoms with Gasteiger partial charge in [-0.1, -0.05) is 194 Å². The van der Waals surface area contributed by atoms with E-state index in [-0.39, 0.29) is 11.8 Å². The third kappa shape index (κ3) is 5.49. The standard InChI is InChI=1S/C64H42N2/c1-3-13-47(14-4-1)65-57-21-9-7-17-55(57)63-51(19-11-23-59(63)65)43-29-25-41(26-30-43)49-37-33-45-36-40-54-50(38-34-46-35-39-53(49)61(45)62(46)54)42-27-31-44(32-28-42)52-20-12-24-60-64(52)56-18-8-10-22-58(56)66(60)48-15-5-2-6-16-48/h1-40,61-62H. The minimum Gasteiger partial charge on any atom is -0.309 e. The molecule has 0 aliphatic heterocycles. The fourth-order valence-electron chi connectivity index (χ4n) is 11.7. The smallest absolute Gasteiger partial charge is 0.0547 e. The molecule has 2 heteroatoms. The highest BCUT2D eigenvalue weighted by Crippen LogP contribution is 2.54. The Morgan fingerprint density at radius 1 is 0.318 bits per heavy atom. The van der Waals surface area contributed by atoms with Crippen LogP contribution in [0.3, 0.4) is 0 Å². The van der Waals surface area contributed by atoms with Gasteiger partial charge in [-0.3, -0.25) is 0 Å². The maximum atomic E-state index is 2.40. The Labute approximate surface area is 383 Å². The first-order chi connectivity index (χ1) is 32.8. The third-order valence-corrected chi connectivity index (χ3v) is 14.6. The number of hydrogen-bond donors (Lipinski definition) is 0. The lowest BCUT2D eigenvalue weighted by molar-refractivity contribution is 0.569. The summed E-state index contributed by atoms with van der Waals surface area (Å²) in [6, 6.07) is 71.1. The molecule has 8 aromatic carbocycles. The van der Waals surface area contributed by atoms with Crippen molar-refractivity contribution in [2.24, 2.45) is 11.8 Å². The Kier molecular flexibility index (Phi) is 8.14. The maximum absolute atomic E-state index is 2.40. The topological polar surface area (TPSA) is 9.86 Å². The van der Waals surface area contributed by atoms with E-state index < -0.39 is 0 Å². The molecule has 0 amide bonds. The molecule has 0 radical (unpaired) electrons. The second-order valence-corrected chi connectivity index (χ2v) is 18.0. The van der Waals surface area contributed by atoms with Gasteiger partial charge in [0.2, 0.25) is 0 Å². The molecule has 0 fully saturated rings. The van der Waals surface area contributed by atoms with Crippen LogP contribution in [-0.4, -0.2) is 9.13 Å². The van der Waals surface area contributed by atoms with Gasteiger partial charge in [-0.2, -0.15) is 0 Å². The highest BCUT2D eigenvalue weighted by atomic mass is 15.0. The van der Waals surface area contributed by atoms with E-state index in [1.165, 1.54) is 122 Å². The highest BCUT2D eigenvalue weighted by molar-refractivity contribution is 6.17. The summed E-state index contributed by atoms with van der Waals surface area (Å²) in [6.45, 7) is 0. The molecule has 2 unspecified atom stereocenters. The summed E-state index contributed by atoms with van der Waals surface area (Å²) in [5.74, 6) is 0.530. The van der Waals surface area contributed by atoms with Gasteiger partial charge in [0.25, 0.3) is 0 Å². The zero-order valence-corrected chi connectivity index (χ0v) is 36.1. The lowest BCUT2D eigenvalue weighted by atomic mass is 9.61. The molecule has 14 rings (SSSR count). The minimum atomic E-state index is 0.265. The van der Waals surface area contributed by atoms with E-state index in [2.05, 4.69) is 252 Å². The van der Waals surface area contributed by atoms with Crippen LogP contribution in [0.1, 0.15) is 11.1 Å². The van der Waals surface area contributed by atoms with Gasteiger partial charge < -0.3 is 9.13 Å². The fourth-order valence-corrected chi connectivity index (χ4v) is 11.7. The van der Waals surface area contributed by atoms with Gasteiger partial charge in [0.15, 0.2) is 0 Å². The molecule has 2 nitrogen and oxygen atoms in total. The fraction of sp³-hybridized carbons (Fsp3) is 0.0312. The van der Waals surface area contributed by atoms with E-state index in [4.69, 9.17) is 0 Å². The third-order valence-electron chi connectivity index (χ3n) is 14.6. The zero-order valence-electron chi connectivity index (χ0n) is 36.1. The number of rotatable bonds is 6. The van der Waals surface area contributed by atoms with Gasteiger partial charge in [-0.15, -0.1) is 0 Å². The van der Waals surface area contributed by atoms with Crippen molar-refractivity contribution in [1.29, 1.82) is 0 Å². The van der Waals surface area contributed by atoms with Crippen molar-refractivity contribution >= 4 is 54.8 Å². The molecule has 4 aliphatic rings. The van der Waals surface area contributed by atoms with Gasteiger partial charge in [-0.25, -0.2) is 0 Å². The Bertz CT molecular complexity index is 3880. The van der Waals surface area contributed by atoms with Gasteiger partial charge >= 0.3 is 0 Å². The molecule has 308 valence electrons. The van der Waals surface area contributed by atoms with Gasteiger partial charge in [0.05, 0.1) is 22.1 Å². The molecule has 0 N–H and O–H groups in total. The molecular weight excluding hydrogens is 797 g/mol. The zero-order chi connectivity index (χ0) is 43.3. The number of nitrogens with zero attached hydrogens (tertiary/aromatic N) is 2. The molecule has 66 heavy (non-hydrogen) atoms. The number of hydrogen-bond acceptors (Lipinski definition) is 0. The lowest BCUT2D eigenvalue weighted by Gasteiger charge is -2.42. The first-order valence-electron chi connectivity index (χ1n) is 23.1. The van der Waals surface area contributed by atoms with Crippen LogP contribution in [0.2, 0.25) is 0 Å². The second-order valence-electron chi connectivity index (χ2n) is 18.0. The van der Waals surface area contributed by atoms with Crippen LogP contribution >= 0.6 is 0 Å². The van der Waals surface area contributed by atoms with Crippen molar-refractivity contribution in [3.8, 4) is 33.6 Å². The Morgan fingerprint density at radius 3 is 1.38 bits per heavy atom. The quantitative estimate of drug-likeness (QED) is 0.158. The predicted octanol–water partition coefficient (Wildman–Crippen LogP) is 16.2. The summed E-state index contributed by atoms with van der Waals surface area (Å²) in [5, 5.41) is 5.11. The number of allylic oxidation sites excluding steroid dienone is 14. The summed E-state index contributed by atoms with van der Waals surface area (Å²) >= 11 is 0. The van der Waals surface area contributed by atoms with E-state index in [9.17, 15) is 0 Å². The number of para-hydroxylation sites is 4. The van der Waals surface area contributed by atoms with Gasteiger partial charge in [-0.05, 0) is 115 Å². The van der Waals surface area contributed by atoms with Crippen LogP contribution in [0, 0.1) is 11.8 Å². The average Bonchev–Trinajstić information content (AvgIpc) is 3.92. The van der Waals surface area contributed by atoms with Crippen LogP contribution in [0.15, 0.2) is 265 Å². The normalized spacial score (nSPS) is 17.3. The van der Waals surface area contributed by atoms with Crippen LogP contribution in [-0.2, 0) is 0 Å². The van der Waals surface area contributed by atoms with Crippen LogP contribution in [0.5, 0.6) is 0 Å². The molecule has 2 aromatic heterocycles. The number of fused-ring (bicyclic) bond motifs is 6. The molecule has 4 aliphatic carbocycles. The minimum absolute atomic E-state index is 0.265. The molecule has 2 atom stereocenters.